The lowest BCUT2D eigenvalue weighted by Gasteiger charge is -2.40. The van der Waals surface area contributed by atoms with Gasteiger partial charge in [-0.1, -0.05) is 42.6 Å². The van der Waals surface area contributed by atoms with Crippen LogP contribution in [0.25, 0.3) is 5.69 Å². The van der Waals surface area contributed by atoms with Crippen molar-refractivity contribution >= 4 is 61.3 Å². The predicted molar refractivity (Wildman–Crippen MR) is 120 cm³/mol. The molecule has 0 bridgehead atoms. The Bertz CT molecular complexity index is 1360. The molecule has 2 aromatic rings. The summed E-state index contributed by atoms with van der Waals surface area (Å²) in [5.74, 6) is -0.834. The molecule has 1 heterocycles. The number of nitrogens with zero attached hydrogens (tertiary/aromatic N) is 6. The fraction of sp³-hybridized carbons (Fsp3) is 0.312. The summed E-state index contributed by atoms with van der Waals surface area (Å²) in [6.07, 6.45) is -3.81. The Morgan fingerprint density at radius 3 is 2.03 bits per heavy atom. The molecule has 0 aliphatic carbocycles. The quantitative estimate of drug-likeness (QED) is 0.210. The van der Waals surface area contributed by atoms with Gasteiger partial charge in [-0.3, -0.25) is 4.31 Å². The summed E-state index contributed by atoms with van der Waals surface area (Å²) in [4.78, 5) is 2.54. The first-order valence-electron chi connectivity index (χ1n) is 8.87. The lowest BCUT2D eigenvalue weighted by Crippen LogP contribution is -2.38. The number of rotatable bonds is 7. The van der Waals surface area contributed by atoms with E-state index in [-0.39, 0.29) is 16.4 Å². The molecule has 2 rings (SSSR count). The van der Waals surface area contributed by atoms with Crippen molar-refractivity contribution in [1.29, 1.82) is 5.26 Å². The van der Waals surface area contributed by atoms with Crippen LogP contribution >= 0.6 is 33.4 Å². The van der Waals surface area contributed by atoms with E-state index >= 15 is 0 Å². The Hall–Kier alpha value is -2.49. The maximum atomic E-state index is 13.3. The number of halogens is 10. The van der Waals surface area contributed by atoms with Crippen LogP contribution < -0.4 is 4.31 Å². The van der Waals surface area contributed by atoms with Gasteiger partial charge in [0.05, 0.1) is 22.6 Å². The van der Waals surface area contributed by atoms with E-state index in [1.165, 1.54) is 25.1 Å². The first-order valence-corrected chi connectivity index (χ1v) is 13.4. The van der Waals surface area contributed by atoms with Crippen molar-refractivity contribution in [2.24, 2.45) is 4.99 Å². The number of anilines is 1. The fourth-order valence-corrected chi connectivity index (χ4v) is 4.98. The molecular formula is C16H14Cl2F8N6O2S2. The van der Waals surface area contributed by atoms with Crippen LogP contribution in [-0.4, -0.2) is 62.5 Å². The SMILES string of the molecule is CN(C)/C=N/c1c(N(CC(F)(F)F)S(C)(=O)=O)c(C#N)nn1-c1c(Cl)cc(S(F)(F)(F)(F)F)cc1Cl. The molecule has 0 radical (unpaired) electrons. The van der Waals surface area contributed by atoms with Gasteiger partial charge < -0.3 is 4.90 Å². The van der Waals surface area contributed by atoms with E-state index < -0.39 is 70.8 Å². The van der Waals surface area contributed by atoms with Crippen LogP contribution in [0.15, 0.2) is 22.0 Å². The molecule has 0 unspecified atom stereocenters. The van der Waals surface area contributed by atoms with Gasteiger partial charge >= 0.3 is 16.4 Å². The van der Waals surface area contributed by atoms with Gasteiger partial charge in [0.25, 0.3) is 0 Å². The Labute approximate surface area is 209 Å². The number of hydrogen-bond acceptors (Lipinski definition) is 5. The third-order valence-electron chi connectivity index (χ3n) is 3.97. The largest absolute Gasteiger partial charge is 0.407 e. The molecule has 1 aromatic carbocycles. The summed E-state index contributed by atoms with van der Waals surface area (Å²) >= 11 is 11.6. The Morgan fingerprint density at radius 2 is 1.67 bits per heavy atom. The highest BCUT2D eigenvalue weighted by Gasteiger charge is 2.65. The second-order valence-electron chi connectivity index (χ2n) is 7.34. The summed E-state index contributed by atoms with van der Waals surface area (Å²) in [7, 11) is -12.2. The summed E-state index contributed by atoms with van der Waals surface area (Å²) < 4.78 is 131. The van der Waals surface area contributed by atoms with Crippen molar-refractivity contribution in [3.8, 4) is 11.8 Å². The van der Waals surface area contributed by atoms with E-state index in [1.807, 2.05) is 0 Å². The second-order valence-corrected chi connectivity index (χ2v) is 12.5. The molecule has 1 aromatic heterocycles. The number of hydrogen-bond donors (Lipinski definition) is 0. The molecule has 36 heavy (non-hydrogen) atoms. The Kier molecular flexibility index (Phi) is 7.05. The van der Waals surface area contributed by atoms with E-state index in [1.54, 1.807) is 0 Å². The van der Waals surface area contributed by atoms with E-state index in [0.29, 0.717) is 10.9 Å². The molecule has 0 aliphatic heterocycles. The number of alkyl halides is 3. The van der Waals surface area contributed by atoms with E-state index in [0.717, 1.165) is 6.34 Å². The zero-order valence-corrected chi connectivity index (χ0v) is 21.2. The molecule has 8 nitrogen and oxygen atoms in total. The highest BCUT2D eigenvalue weighted by Crippen LogP contribution is 3.02. The standard InChI is InChI=1S/C16H14Cl2F8N6O2S2/c1-30(2)8-28-15-14(31(35(3,33)34)7-16(19,20)21)12(6-27)29-32(15)13-10(17)4-9(5-11(13)18)36(22,23,24,25)26/h4-5,8H,7H2,1-3H3/b28-8+. The van der Waals surface area contributed by atoms with Gasteiger partial charge in [0, 0.05) is 14.1 Å². The van der Waals surface area contributed by atoms with Gasteiger partial charge in [-0.15, -0.1) is 0 Å². The Morgan fingerprint density at radius 1 is 1.17 bits per heavy atom. The predicted octanol–water partition coefficient (Wildman–Crippen LogP) is 6.26. The third kappa shape index (κ3) is 6.83. The first kappa shape index (κ1) is 29.7. The van der Waals surface area contributed by atoms with Gasteiger partial charge in [0.1, 0.15) is 28.9 Å². The minimum atomic E-state index is -10.3. The molecule has 0 spiro atoms. The van der Waals surface area contributed by atoms with Gasteiger partial charge in [0.15, 0.2) is 11.5 Å². The van der Waals surface area contributed by atoms with E-state index in [4.69, 9.17) is 23.2 Å². The Balaban J connectivity index is 3.03. The highest BCUT2D eigenvalue weighted by molar-refractivity contribution is 8.45. The number of nitriles is 1. The fourth-order valence-electron chi connectivity index (χ4n) is 2.64. The molecule has 202 valence electrons. The number of sulfonamides is 1. The van der Waals surface area contributed by atoms with Crippen LogP contribution in [0.5, 0.6) is 0 Å². The van der Waals surface area contributed by atoms with Crippen molar-refractivity contribution < 1.29 is 41.0 Å². The minimum absolute atomic E-state index is 0.193. The number of aromatic nitrogens is 2. The van der Waals surface area contributed by atoms with Gasteiger partial charge in [0.2, 0.25) is 10.0 Å². The smallest absolute Gasteiger partial charge is 0.369 e. The zero-order valence-electron chi connectivity index (χ0n) is 18.0. The molecule has 0 atom stereocenters. The average molecular weight is 609 g/mol. The van der Waals surface area contributed by atoms with E-state index in [2.05, 4.69) is 10.1 Å². The molecular weight excluding hydrogens is 595 g/mol. The summed E-state index contributed by atoms with van der Waals surface area (Å²) in [5, 5.41) is 10.9. The monoisotopic (exact) mass is 608 g/mol. The van der Waals surface area contributed by atoms with Crippen LogP contribution in [-0.2, 0) is 10.0 Å². The van der Waals surface area contributed by atoms with Gasteiger partial charge in [-0.2, -0.15) is 23.5 Å². The maximum absolute atomic E-state index is 13.3. The molecule has 0 saturated heterocycles. The molecule has 0 saturated carbocycles. The summed E-state index contributed by atoms with van der Waals surface area (Å²) in [6, 6.07) is 0.979. The lowest BCUT2D eigenvalue weighted by atomic mass is 10.3. The topological polar surface area (TPSA) is 94.6 Å². The van der Waals surface area contributed by atoms with Crippen LogP contribution in [0, 0.1) is 11.3 Å². The molecule has 0 aliphatic rings. The lowest BCUT2D eigenvalue weighted by molar-refractivity contribution is -0.117. The number of benzene rings is 1. The van der Waals surface area contributed by atoms with Crippen molar-refractivity contribution in [2.45, 2.75) is 11.1 Å². The average Bonchev–Trinajstić information content (AvgIpc) is 2.98. The second kappa shape index (κ2) is 8.53. The molecule has 20 heteroatoms. The van der Waals surface area contributed by atoms with Crippen molar-refractivity contribution in [3.63, 3.8) is 0 Å². The number of aliphatic imine (C=N–C) groups is 1. The van der Waals surface area contributed by atoms with Crippen molar-refractivity contribution in [2.75, 3.05) is 31.2 Å². The highest BCUT2D eigenvalue weighted by atomic mass is 35.5. The summed E-state index contributed by atoms with van der Waals surface area (Å²) in [5.41, 5.74) is -2.78. The molecule has 0 N–H and O–H groups in total. The third-order valence-corrected chi connectivity index (χ3v) is 6.79. The minimum Gasteiger partial charge on any atom is -0.369 e. The van der Waals surface area contributed by atoms with Crippen LogP contribution in [0.2, 0.25) is 10.0 Å². The van der Waals surface area contributed by atoms with E-state index in [9.17, 15) is 46.3 Å². The van der Waals surface area contributed by atoms with Crippen LogP contribution in [0.4, 0.5) is 44.1 Å². The molecule has 0 amide bonds. The summed E-state index contributed by atoms with van der Waals surface area (Å²) in [6.45, 7) is -2.14. The van der Waals surface area contributed by atoms with Crippen molar-refractivity contribution in [1.82, 2.24) is 14.7 Å². The van der Waals surface area contributed by atoms with Gasteiger partial charge in [-0.25, -0.2) is 18.1 Å². The normalized spacial score (nSPS) is 14.9. The maximum Gasteiger partial charge on any atom is 0.407 e. The van der Waals surface area contributed by atoms with Crippen LogP contribution in [0.1, 0.15) is 5.69 Å². The first-order chi connectivity index (χ1) is 15.9. The van der Waals surface area contributed by atoms with Gasteiger partial charge in [-0.05, 0) is 12.1 Å². The van der Waals surface area contributed by atoms with Crippen LogP contribution in [0.3, 0.4) is 0 Å². The van der Waals surface area contributed by atoms with Crippen molar-refractivity contribution in [3.05, 3.63) is 27.9 Å². The molecule has 0 fully saturated rings. The zero-order chi connectivity index (χ0) is 28.1.